The first-order valence-electron chi connectivity index (χ1n) is 8.24. The summed E-state index contributed by atoms with van der Waals surface area (Å²) in [6.45, 7) is 3.47. The van der Waals surface area contributed by atoms with Gasteiger partial charge in [-0.3, -0.25) is 9.78 Å². The fourth-order valence-electron chi connectivity index (χ4n) is 2.23. The molecule has 0 atom stereocenters. The molecule has 3 rings (SSSR count). The Morgan fingerprint density at radius 3 is 2.64 bits per heavy atom. The summed E-state index contributed by atoms with van der Waals surface area (Å²) in [5.41, 5.74) is 6.71. The van der Waals surface area contributed by atoms with Gasteiger partial charge in [0.1, 0.15) is 23.1 Å². The van der Waals surface area contributed by atoms with Crippen LogP contribution in [0, 0.1) is 12.7 Å². The van der Waals surface area contributed by atoms with Gasteiger partial charge in [-0.1, -0.05) is 6.07 Å². The van der Waals surface area contributed by atoms with Gasteiger partial charge in [0.25, 0.3) is 5.91 Å². The van der Waals surface area contributed by atoms with Gasteiger partial charge in [-0.2, -0.15) is 0 Å². The minimum absolute atomic E-state index is 0. The van der Waals surface area contributed by atoms with E-state index in [0.717, 1.165) is 11.8 Å². The summed E-state index contributed by atoms with van der Waals surface area (Å²) < 4.78 is 18.8. The number of aliphatic imine (C=N–C) groups is 1. The number of rotatable bonds is 5. The molecule has 0 unspecified atom stereocenters. The zero-order chi connectivity index (χ0) is 20.1. The highest BCUT2D eigenvalue weighted by atomic mass is 19.1. The molecule has 0 fully saturated rings. The molecule has 0 aliphatic rings. The predicted octanol–water partition coefficient (Wildman–Crippen LogP) is 3.62. The summed E-state index contributed by atoms with van der Waals surface area (Å²) in [5, 5.41) is 2.67. The second-order valence-electron chi connectivity index (χ2n) is 5.91. The lowest BCUT2D eigenvalue weighted by molar-refractivity contribution is 0.102. The van der Waals surface area contributed by atoms with Crippen LogP contribution in [0.25, 0.3) is 0 Å². The molecule has 0 radical (unpaired) electrons. The Kier molecular flexibility index (Phi) is 5.54. The number of carbonyl (C=O) groups excluding carboxylic acids is 1. The predicted molar refractivity (Wildman–Crippen MR) is 105 cm³/mol. The lowest BCUT2D eigenvalue weighted by Crippen LogP contribution is -2.14. The summed E-state index contributed by atoms with van der Waals surface area (Å²) in [5.74, 6) is 0.0613. The number of amidine groups is 1. The third-order valence-electron chi connectivity index (χ3n) is 3.44. The topological polar surface area (TPSA) is 115 Å². The number of halogens is 1. The molecule has 28 heavy (non-hydrogen) atoms. The number of hydrogen-bond donors (Lipinski definition) is 2. The second kappa shape index (κ2) is 8.21. The first-order valence-corrected chi connectivity index (χ1v) is 8.24. The van der Waals surface area contributed by atoms with Crippen molar-refractivity contribution in [2.45, 2.75) is 13.8 Å². The van der Waals surface area contributed by atoms with Gasteiger partial charge in [0.05, 0.1) is 30.0 Å². The Hall–Kier alpha value is -3.88. The van der Waals surface area contributed by atoms with E-state index in [1.807, 2.05) is 13.0 Å². The maximum Gasteiger partial charge on any atom is 0.260 e. The number of pyridine rings is 3. The van der Waals surface area contributed by atoms with Crippen LogP contribution >= 0.6 is 0 Å². The molecular weight excluding hydrogens is 363 g/mol. The lowest BCUT2D eigenvalue weighted by Gasteiger charge is -2.10. The molecule has 1 amide bonds. The van der Waals surface area contributed by atoms with Gasteiger partial charge in [0.15, 0.2) is 5.82 Å². The monoisotopic (exact) mass is 382 g/mol. The van der Waals surface area contributed by atoms with Crippen molar-refractivity contribution >= 4 is 23.4 Å². The molecule has 9 heteroatoms. The molecule has 3 N–H and O–H groups in total. The fraction of sp³-hybridized carbons (Fsp3) is 0.105. The fourth-order valence-corrected chi connectivity index (χ4v) is 2.23. The average Bonchev–Trinajstić information content (AvgIpc) is 2.64. The molecule has 0 aliphatic heterocycles. The molecule has 3 aromatic rings. The van der Waals surface area contributed by atoms with Crippen molar-refractivity contribution in [3.63, 3.8) is 0 Å². The number of nitrogens with two attached hydrogens (primary N) is 1. The van der Waals surface area contributed by atoms with Gasteiger partial charge >= 0.3 is 0 Å². The van der Waals surface area contributed by atoms with E-state index < -0.39 is 11.7 Å². The number of aromatic nitrogens is 3. The van der Waals surface area contributed by atoms with E-state index >= 15 is 0 Å². The van der Waals surface area contributed by atoms with E-state index in [1.54, 1.807) is 19.2 Å². The van der Waals surface area contributed by atoms with Crippen LogP contribution in [0.2, 0.25) is 0 Å². The van der Waals surface area contributed by atoms with Gasteiger partial charge in [-0.05, 0) is 31.5 Å². The van der Waals surface area contributed by atoms with E-state index in [9.17, 15) is 9.18 Å². The molecule has 0 saturated heterocycles. The first-order chi connectivity index (χ1) is 13.4. The Bertz CT molecular complexity index is 1040. The van der Waals surface area contributed by atoms with E-state index in [0.29, 0.717) is 5.82 Å². The third-order valence-corrected chi connectivity index (χ3v) is 3.44. The van der Waals surface area contributed by atoms with Crippen LogP contribution in [0.1, 0.15) is 24.3 Å². The van der Waals surface area contributed by atoms with Crippen LogP contribution in [0.4, 0.5) is 16.0 Å². The van der Waals surface area contributed by atoms with Crippen LogP contribution in [0.3, 0.4) is 0 Å². The van der Waals surface area contributed by atoms with E-state index in [-0.39, 0.29) is 30.1 Å². The zero-order valence-corrected chi connectivity index (χ0v) is 15.2. The summed E-state index contributed by atoms with van der Waals surface area (Å²) in [4.78, 5) is 28.8. The number of nitrogens with zero attached hydrogens (tertiary/aromatic N) is 4. The van der Waals surface area contributed by atoms with Crippen molar-refractivity contribution in [2.24, 2.45) is 10.7 Å². The summed E-state index contributed by atoms with van der Waals surface area (Å²) in [7, 11) is 0. The molecule has 0 spiro atoms. The van der Waals surface area contributed by atoms with Crippen LogP contribution in [-0.4, -0.2) is 26.7 Å². The molecule has 0 aliphatic carbocycles. The Morgan fingerprint density at radius 1 is 1.18 bits per heavy atom. The number of amides is 1. The van der Waals surface area contributed by atoms with Crippen molar-refractivity contribution < 1.29 is 15.3 Å². The van der Waals surface area contributed by atoms with Crippen LogP contribution in [0.15, 0.2) is 54.0 Å². The van der Waals surface area contributed by atoms with Crippen LogP contribution < -0.4 is 15.8 Å². The minimum Gasteiger partial charge on any atom is -0.454 e. The molecule has 0 saturated carbocycles. The molecule has 8 nitrogen and oxygen atoms in total. The lowest BCUT2D eigenvalue weighted by atomic mass is 10.2. The van der Waals surface area contributed by atoms with E-state index in [4.69, 9.17) is 10.5 Å². The van der Waals surface area contributed by atoms with Gasteiger partial charge in [0.2, 0.25) is 0 Å². The van der Waals surface area contributed by atoms with Gasteiger partial charge < -0.3 is 15.8 Å². The maximum atomic E-state index is 13.3. The second-order valence-corrected chi connectivity index (χ2v) is 5.91. The van der Waals surface area contributed by atoms with Gasteiger partial charge in [0, 0.05) is 13.7 Å². The van der Waals surface area contributed by atoms with Gasteiger partial charge in [-0.25, -0.2) is 19.4 Å². The maximum absolute atomic E-state index is 13.3. The van der Waals surface area contributed by atoms with Gasteiger partial charge in [-0.15, -0.1) is 0 Å². The summed E-state index contributed by atoms with van der Waals surface area (Å²) >= 11 is 0. The van der Waals surface area contributed by atoms with Crippen molar-refractivity contribution in [1.29, 1.82) is 0 Å². The smallest absolute Gasteiger partial charge is 0.260 e. The SMILES string of the molecule is C/C(N)=N/c1ncc(Oc2cncc(F)c2)cc1C(=O)Nc1ccc(C)cn1.[HH]. The quantitative estimate of drug-likeness (QED) is 0.514. The largest absolute Gasteiger partial charge is 0.454 e. The zero-order valence-electron chi connectivity index (χ0n) is 15.2. The highest BCUT2D eigenvalue weighted by Crippen LogP contribution is 2.26. The number of anilines is 1. The van der Waals surface area contributed by atoms with Crippen molar-refractivity contribution in [3.05, 3.63) is 66.0 Å². The Morgan fingerprint density at radius 2 is 1.96 bits per heavy atom. The third kappa shape index (κ3) is 4.85. The van der Waals surface area contributed by atoms with E-state index in [1.165, 1.54) is 24.5 Å². The Balaban J connectivity index is 0.00000300. The molecule has 0 aromatic carbocycles. The molecule has 3 aromatic heterocycles. The normalized spacial score (nSPS) is 11.2. The first kappa shape index (κ1) is 18.9. The average molecular weight is 382 g/mol. The standard InChI is InChI=1S/C19H17FN6O2.H2/c1-11-3-4-17(23-7-11)26-19(27)16-6-15(10-24-18(16)25-12(2)21)28-14-5-13(20)8-22-9-14;/h3-10H,1-2H3,(H2,21,24,25)(H,23,26,27);1H. The van der Waals surface area contributed by atoms with E-state index in [2.05, 4.69) is 25.3 Å². The van der Waals surface area contributed by atoms with Crippen LogP contribution in [0.5, 0.6) is 11.5 Å². The number of aryl methyl sites for hydroxylation is 1. The Labute approximate surface area is 161 Å². The highest BCUT2D eigenvalue weighted by Gasteiger charge is 2.16. The number of nitrogens with one attached hydrogen (secondary N) is 1. The molecule has 3 heterocycles. The number of carbonyl (C=O) groups is 1. The molecular formula is C19H19FN6O2. The van der Waals surface area contributed by atoms with Crippen molar-refractivity contribution in [2.75, 3.05) is 5.32 Å². The molecule has 0 bridgehead atoms. The van der Waals surface area contributed by atoms with Crippen molar-refractivity contribution in [3.8, 4) is 11.5 Å². The summed E-state index contributed by atoms with van der Waals surface area (Å²) in [6.07, 6.45) is 5.39. The molecule has 144 valence electrons. The number of ether oxygens (including phenoxy) is 1. The summed E-state index contributed by atoms with van der Waals surface area (Å²) in [6, 6.07) is 6.10. The van der Waals surface area contributed by atoms with Crippen molar-refractivity contribution in [1.82, 2.24) is 15.0 Å². The minimum atomic E-state index is -0.547. The number of hydrogen-bond acceptors (Lipinski definition) is 6. The highest BCUT2D eigenvalue weighted by molar-refractivity contribution is 6.07. The van der Waals surface area contributed by atoms with Crippen LogP contribution in [-0.2, 0) is 0 Å².